The van der Waals surface area contributed by atoms with E-state index in [1.54, 1.807) is 48.5 Å². The highest BCUT2D eigenvalue weighted by Gasteiger charge is 2.16. The minimum atomic E-state index is -0.474. The lowest BCUT2D eigenvalue weighted by molar-refractivity contribution is -0.114. The summed E-state index contributed by atoms with van der Waals surface area (Å²) in [5.41, 5.74) is 2.71. The van der Waals surface area contributed by atoms with Crippen molar-refractivity contribution in [3.05, 3.63) is 138 Å². The summed E-state index contributed by atoms with van der Waals surface area (Å²) < 4.78 is 1.01. The first-order valence-electron chi connectivity index (χ1n) is 13.8. The van der Waals surface area contributed by atoms with Gasteiger partial charge in [-0.2, -0.15) is 0 Å². The molecular weight excluding hydrogens is 589 g/mol. The van der Waals surface area contributed by atoms with Gasteiger partial charge in [-0.1, -0.05) is 90.2 Å². The number of benzene rings is 5. The lowest BCUT2D eigenvalue weighted by Gasteiger charge is -2.13. The Morgan fingerprint density at radius 1 is 0.773 bits per heavy atom. The SMILES string of the molecule is O=C(CSc1cccc(NC(=O)/C(=C\c2cccc3ccccc23)NC(=O)c2ccccc2)c1)Nc1nc2ccccc2s1. The van der Waals surface area contributed by atoms with E-state index >= 15 is 0 Å². The quantitative estimate of drug-likeness (QED) is 0.115. The van der Waals surface area contributed by atoms with E-state index in [1.165, 1.54) is 23.1 Å². The molecular formula is C35H26N4O3S2. The minimum Gasteiger partial charge on any atom is -0.321 e. The van der Waals surface area contributed by atoms with Gasteiger partial charge in [0.15, 0.2) is 5.13 Å². The molecule has 0 saturated heterocycles. The van der Waals surface area contributed by atoms with Crippen LogP contribution in [-0.2, 0) is 9.59 Å². The summed E-state index contributed by atoms with van der Waals surface area (Å²) in [6.07, 6.45) is 1.68. The van der Waals surface area contributed by atoms with E-state index in [0.717, 1.165) is 31.4 Å². The molecule has 1 aromatic heterocycles. The van der Waals surface area contributed by atoms with E-state index < -0.39 is 11.8 Å². The standard InChI is InChI=1S/C35H26N4O3S2/c40-32(39-35-38-29-18-6-7-19-31(29)44-35)22-43-27-16-9-15-26(21-27)36-34(42)30(37-33(41)24-11-2-1-3-12-24)20-25-14-8-13-23-10-4-5-17-28(23)25/h1-21H,22H2,(H,36,42)(H,37,41)(H,38,39,40)/b30-20+. The maximum absolute atomic E-state index is 13.6. The van der Waals surface area contributed by atoms with Crippen LogP contribution in [0.5, 0.6) is 0 Å². The molecule has 0 aliphatic heterocycles. The van der Waals surface area contributed by atoms with Crippen molar-refractivity contribution in [2.24, 2.45) is 0 Å². The molecule has 0 aliphatic rings. The molecule has 0 spiro atoms. The molecule has 0 aliphatic carbocycles. The molecule has 216 valence electrons. The first-order valence-corrected chi connectivity index (χ1v) is 15.6. The van der Waals surface area contributed by atoms with Crippen LogP contribution in [0.2, 0.25) is 0 Å². The molecule has 0 bridgehead atoms. The van der Waals surface area contributed by atoms with Crippen LogP contribution < -0.4 is 16.0 Å². The van der Waals surface area contributed by atoms with Crippen LogP contribution in [0.15, 0.2) is 132 Å². The van der Waals surface area contributed by atoms with E-state index in [2.05, 4.69) is 20.9 Å². The lowest BCUT2D eigenvalue weighted by Crippen LogP contribution is -2.30. The normalized spacial score (nSPS) is 11.3. The van der Waals surface area contributed by atoms with Crippen LogP contribution >= 0.6 is 23.1 Å². The van der Waals surface area contributed by atoms with E-state index in [0.29, 0.717) is 16.4 Å². The van der Waals surface area contributed by atoms with E-state index in [9.17, 15) is 14.4 Å². The van der Waals surface area contributed by atoms with Crippen LogP contribution in [0, 0.1) is 0 Å². The zero-order valence-electron chi connectivity index (χ0n) is 23.3. The predicted octanol–water partition coefficient (Wildman–Crippen LogP) is 7.59. The van der Waals surface area contributed by atoms with Crippen molar-refractivity contribution in [1.29, 1.82) is 0 Å². The maximum atomic E-state index is 13.6. The Hall–Kier alpha value is -5.25. The summed E-state index contributed by atoms with van der Waals surface area (Å²) in [4.78, 5) is 44.5. The average molecular weight is 615 g/mol. The number of thiazole rings is 1. The van der Waals surface area contributed by atoms with Crippen LogP contribution in [0.4, 0.5) is 10.8 Å². The Kier molecular flexibility index (Phi) is 8.77. The summed E-state index contributed by atoms with van der Waals surface area (Å²) in [5, 5.41) is 11.1. The van der Waals surface area contributed by atoms with Crippen molar-refractivity contribution in [2.45, 2.75) is 4.90 Å². The molecule has 1 heterocycles. The highest BCUT2D eigenvalue weighted by molar-refractivity contribution is 8.00. The lowest BCUT2D eigenvalue weighted by atomic mass is 10.0. The molecule has 5 aromatic carbocycles. The Morgan fingerprint density at radius 2 is 1.52 bits per heavy atom. The highest BCUT2D eigenvalue weighted by Crippen LogP contribution is 2.27. The van der Waals surface area contributed by atoms with Crippen LogP contribution in [0.1, 0.15) is 15.9 Å². The molecule has 3 amide bonds. The highest BCUT2D eigenvalue weighted by atomic mass is 32.2. The van der Waals surface area contributed by atoms with Gasteiger partial charge in [0.05, 0.1) is 16.0 Å². The molecule has 0 fully saturated rings. The largest absolute Gasteiger partial charge is 0.321 e. The zero-order chi connectivity index (χ0) is 30.3. The topological polar surface area (TPSA) is 100 Å². The molecule has 6 rings (SSSR count). The summed E-state index contributed by atoms with van der Waals surface area (Å²) in [7, 11) is 0. The van der Waals surface area contributed by atoms with Crippen LogP contribution in [0.25, 0.3) is 27.1 Å². The van der Waals surface area contributed by atoms with Gasteiger partial charge in [0, 0.05) is 16.1 Å². The van der Waals surface area contributed by atoms with Gasteiger partial charge in [-0.3, -0.25) is 14.4 Å². The fourth-order valence-corrected chi connectivity index (χ4v) is 6.20. The number of amides is 3. The first-order chi connectivity index (χ1) is 21.5. The Morgan fingerprint density at radius 3 is 2.39 bits per heavy atom. The van der Waals surface area contributed by atoms with E-state index in [-0.39, 0.29) is 17.4 Å². The summed E-state index contributed by atoms with van der Waals surface area (Å²) in [6.45, 7) is 0. The third-order valence-electron chi connectivity index (χ3n) is 6.65. The monoisotopic (exact) mass is 614 g/mol. The van der Waals surface area contributed by atoms with E-state index in [1.807, 2.05) is 78.9 Å². The van der Waals surface area contributed by atoms with Gasteiger partial charge in [-0.05, 0) is 64.9 Å². The third kappa shape index (κ3) is 7.03. The second-order valence-corrected chi connectivity index (χ2v) is 11.8. The molecule has 0 saturated carbocycles. The number of hydrogen-bond donors (Lipinski definition) is 3. The van der Waals surface area contributed by atoms with Gasteiger partial charge in [-0.25, -0.2) is 4.98 Å². The fourth-order valence-electron chi connectivity index (χ4n) is 4.57. The predicted molar refractivity (Wildman–Crippen MR) is 180 cm³/mol. The number of carbonyl (C=O) groups excluding carboxylic acids is 3. The Balaban J connectivity index is 1.17. The van der Waals surface area contributed by atoms with Crippen molar-refractivity contribution in [2.75, 3.05) is 16.4 Å². The van der Waals surface area contributed by atoms with Gasteiger partial charge in [0.25, 0.3) is 11.8 Å². The van der Waals surface area contributed by atoms with Crippen LogP contribution in [0.3, 0.4) is 0 Å². The summed E-state index contributed by atoms with van der Waals surface area (Å²) in [6, 6.07) is 37.4. The Labute approximate surface area is 262 Å². The molecule has 44 heavy (non-hydrogen) atoms. The van der Waals surface area contributed by atoms with E-state index in [4.69, 9.17) is 0 Å². The van der Waals surface area contributed by atoms with Crippen molar-refractivity contribution in [1.82, 2.24) is 10.3 Å². The number of hydrogen-bond acceptors (Lipinski definition) is 6. The molecule has 6 aromatic rings. The molecule has 0 unspecified atom stereocenters. The number of aromatic nitrogens is 1. The number of nitrogens with one attached hydrogen (secondary N) is 3. The average Bonchev–Trinajstić information content (AvgIpc) is 3.46. The Bertz CT molecular complexity index is 1980. The van der Waals surface area contributed by atoms with Crippen molar-refractivity contribution in [3.8, 4) is 0 Å². The van der Waals surface area contributed by atoms with Gasteiger partial charge >= 0.3 is 0 Å². The molecule has 9 heteroatoms. The van der Waals surface area contributed by atoms with Crippen molar-refractivity contribution < 1.29 is 14.4 Å². The smallest absolute Gasteiger partial charge is 0.272 e. The van der Waals surface area contributed by atoms with Gasteiger partial charge in [0.1, 0.15) is 5.70 Å². The zero-order valence-corrected chi connectivity index (χ0v) is 25.0. The third-order valence-corrected chi connectivity index (χ3v) is 8.60. The number of fused-ring (bicyclic) bond motifs is 2. The number of para-hydroxylation sites is 1. The maximum Gasteiger partial charge on any atom is 0.272 e. The second kappa shape index (κ2) is 13.4. The molecule has 7 nitrogen and oxygen atoms in total. The van der Waals surface area contributed by atoms with Gasteiger partial charge < -0.3 is 16.0 Å². The van der Waals surface area contributed by atoms with Crippen molar-refractivity contribution >= 4 is 78.7 Å². The number of carbonyl (C=O) groups is 3. The van der Waals surface area contributed by atoms with Crippen molar-refractivity contribution in [3.63, 3.8) is 0 Å². The minimum absolute atomic E-state index is 0.100. The molecule has 0 atom stereocenters. The molecule has 3 N–H and O–H groups in total. The van der Waals surface area contributed by atoms with Gasteiger partial charge in [0.2, 0.25) is 5.91 Å². The van der Waals surface area contributed by atoms with Crippen LogP contribution in [-0.4, -0.2) is 28.5 Å². The first kappa shape index (κ1) is 28.9. The summed E-state index contributed by atoms with van der Waals surface area (Å²) >= 11 is 2.77. The number of rotatable bonds is 9. The fraction of sp³-hybridized carbons (Fsp3) is 0.0286. The van der Waals surface area contributed by atoms with Gasteiger partial charge in [-0.15, -0.1) is 11.8 Å². The number of anilines is 2. The molecule has 0 radical (unpaired) electrons. The second-order valence-electron chi connectivity index (χ2n) is 9.75. The summed E-state index contributed by atoms with van der Waals surface area (Å²) in [5.74, 6) is -0.867. The number of nitrogens with zero attached hydrogens (tertiary/aromatic N) is 1. The number of thioether (sulfide) groups is 1.